The summed E-state index contributed by atoms with van der Waals surface area (Å²) in [6.07, 6.45) is 6.65. The molecule has 0 spiro atoms. The van der Waals surface area contributed by atoms with E-state index in [9.17, 15) is 10.5 Å². The Morgan fingerprint density at radius 2 is 1.80 bits per heavy atom. The standard InChI is InChI=1S/C28H31BrN2O3Si/c1-32-19-34-28-25(33-2)16-14-20(27(28)29)13-15-24-23(21(17-30)18-31)11-8-12-26(24)35(3,4)22-9-6-5-7-10-22/h5-11,14,16,24,26H,12-13,15,19H2,1-4H3/t24?,26-/m0/s1. The quantitative estimate of drug-likeness (QED) is 0.208. The van der Waals surface area contributed by atoms with Gasteiger partial charge in [-0.15, -0.1) is 0 Å². The fraction of sp³-hybridized carbons (Fsp3) is 0.357. The molecule has 2 atom stereocenters. The molecule has 0 heterocycles. The van der Waals surface area contributed by atoms with Gasteiger partial charge in [-0.3, -0.25) is 0 Å². The first-order valence-electron chi connectivity index (χ1n) is 11.6. The Labute approximate surface area is 217 Å². The van der Waals surface area contributed by atoms with Gasteiger partial charge in [-0.25, -0.2) is 0 Å². The van der Waals surface area contributed by atoms with Gasteiger partial charge in [0.25, 0.3) is 0 Å². The van der Waals surface area contributed by atoms with Crippen molar-refractivity contribution in [1.82, 2.24) is 0 Å². The van der Waals surface area contributed by atoms with Gasteiger partial charge < -0.3 is 14.2 Å². The van der Waals surface area contributed by atoms with Crippen LogP contribution in [0.2, 0.25) is 18.6 Å². The zero-order valence-corrected chi connectivity index (χ0v) is 23.3. The second kappa shape index (κ2) is 12.2. The lowest BCUT2D eigenvalue weighted by Crippen LogP contribution is -2.49. The van der Waals surface area contributed by atoms with E-state index < -0.39 is 8.07 Å². The molecule has 0 fully saturated rings. The highest BCUT2D eigenvalue weighted by molar-refractivity contribution is 9.10. The molecule has 2 aromatic carbocycles. The van der Waals surface area contributed by atoms with E-state index >= 15 is 0 Å². The van der Waals surface area contributed by atoms with Gasteiger partial charge in [0.2, 0.25) is 0 Å². The van der Waals surface area contributed by atoms with Crippen molar-refractivity contribution in [3.63, 3.8) is 0 Å². The molecular weight excluding hydrogens is 520 g/mol. The summed E-state index contributed by atoms with van der Waals surface area (Å²) in [4.78, 5) is 0. The van der Waals surface area contributed by atoms with Crippen molar-refractivity contribution >= 4 is 29.2 Å². The number of methoxy groups -OCH3 is 2. The Hall–Kier alpha value is -2.84. The molecule has 0 saturated heterocycles. The van der Waals surface area contributed by atoms with Crippen molar-refractivity contribution in [1.29, 1.82) is 10.5 Å². The van der Waals surface area contributed by atoms with Gasteiger partial charge in [-0.1, -0.05) is 66.8 Å². The summed E-state index contributed by atoms with van der Waals surface area (Å²) in [5.41, 5.74) is 2.53. The molecule has 182 valence electrons. The van der Waals surface area contributed by atoms with E-state index in [0.717, 1.165) is 34.9 Å². The second-order valence-electron chi connectivity index (χ2n) is 9.15. The predicted molar refractivity (Wildman–Crippen MR) is 144 cm³/mol. The minimum Gasteiger partial charge on any atom is -0.493 e. The molecule has 0 aliphatic heterocycles. The SMILES string of the molecule is COCOc1c(OC)ccc(CCC2C(=C(C#N)C#N)C=CC[C@@H]2[Si](C)(C)c2ccccc2)c1Br. The Kier molecular flexibility index (Phi) is 9.34. The van der Waals surface area contributed by atoms with Crippen molar-refractivity contribution in [2.45, 2.75) is 37.9 Å². The monoisotopic (exact) mass is 550 g/mol. The van der Waals surface area contributed by atoms with Crippen LogP contribution < -0.4 is 14.7 Å². The summed E-state index contributed by atoms with van der Waals surface area (Å²) in [6.45, 7) is 4.91. The molecule has 1 aliphatic carbocycles. The molecule has 0 amide bonds. The van der Waals surface area contributed by atoms with Crippen molar-refractivity contribution in [3.05, 3.63) is 75.8 Å². The first kappa shape index (κ1) is 26.8. The third-order valence-electron chi connectivity index (χ3n) is 6.94. The van der Waals surface area contributed by atoms with E-state index in [1.165, 1.54) is 5.19 Å². The van der Waals surface area contributed by atoms with E-state index in [2.05, 4.69) is 71.5 Å². The van der Waals surface area contributed by atoms with Crippen molar-refractivity contribution < 1.29 is 14.2 Å². The van der Waals surface area contributed by atoms with Gasteiger partial charge in [-0.2, -0.15) is 10.5 Å². The highest BCUT2D eigenvalue weighted by Gasteiger charge is 2.41. The van der Waals surface area contributed by atoms with Gasteiger partial charge in [0.05, 0.1) is 19.7 Å². The average molecular weight is 552 g/mol. The lowest BCUT2D eigenvalue weighted by atomic mass is 9.82. The number of benzene rings is 2. The first-order valence-corrected chi connectivity index (χ1v) is 15.5. The van der Waals surface area contributed by atoms with Crippen molar-refractivity contribution in [2.75, 3.05) is 21.0 Å². The molecule has 1 aliphatic rings. The molecule has 1 unspecified atom stereocenters. The number of halogens is 1. The lowest BCUT2D eigenvalue weighted by molar-refractivity contribution is 0.0485. The largest absolute Gasteiger partial charge is 0.493 e. The van der Waals surface area contributed by atoms with Gasteiger partial charge in [0.15, 0.2) is 18.3 Å². The summed E-state index contributed by atoms with van der Waals surface area (Å²) >= 11 is 3.71. The van der Waals surface area contributed by atoms with E-state index in [0.29, 0.717) is 17.0 Å². The molecule has 0 aromatic heterocycles. The maximum absolute atomic E-state index is 9.71. The van der Waals surface area contributed by atoms with Crippen LogP contribution in [0.4, 0.5) is 0 Å². The van der Waals surface area contributed by atoms with Gasteiger partial charge >= 0.3 is 0 Å². The van der Waals surface area contributed by atoms with Crippen LogP contribution in [0.25, 0.3) is 0 Å². The molecule has 2 aromatic rings. The Morgan fingerprint density at radius 1 is 1.09 bits per heavy atom. The number of allylic oxidation sites excluding steroid dienone is 4. The van der Waals surface area contributed by atoms with Crippen LogP contribution in [0.1, 0.15) is 18.4 Å². The minimum atomic E-state index is -1.93. The molecule has 0 bridgehead atoms. The molecular formula is C28H31BrN2O3Si. The molecule has 3 rings (SSSR count). The van der Waals surface area contributed by atoms with E-state index in [4.69, 9.17) is 14.2 Å². The fourth-order valence-corrected chi connectivity index (χ4v) is 9.20. The highest BCUT2D eigenvalue weighted by atomic mass is 79.9. The van der Waals surface area contributed by atoms with Crippen LogP contribution in [0.5, 0.6) is 11.5 Å². The predicted octanol–water partition coefficient (Wildman–Crippen LogP) is 6.28. The summed E-state index contributed by atoms with van der Waals surface area (Å²) in [5, 5.41) is 20.8. The molecule has 5 nitrogen and oxygen atoms in total. The Bertz CT molecular complexity index is 1160. The van der Waals surface area contributed by atoms with Crippen LogP contribution in [-0.4, -0.2) is 29.1 Å². The summed E-state index contributed by atoms with van der Waals surface area (Å²) in [7, 11) is 1.26. The van der Waals surface area contributed by atoms with Crippen LogP contribution >= 0.6 is 15.9 Å². The summed E-state index contributed by atoms with van der Waals surface area (Å²) in [6, 6.07) is 18.9. The van der Waals surface area contributed by atoms with E-state index in [1.807, 2.05) is 24.3 Å². The van der Waals surface area contributed by atoms with Crippen LogP contribution in [0.3, 0.4) is 0 Å². The third-order valence-corrected chi connectivity index (χ3v) is 12.1. The number of hydrogen-bond donors (Lipinski definition) is 0. The van der Waals surface area contributed by atoms with Crippen molar-refractivity contribution in [2.24, 2.45) is 5.92 Å². The molecule has 0 saturated carbocycles. The number of rotatable bonds is 9. The summed E-state index contributed by atoms with van der Waals surface area (Å²) < 4.78 is 17.2. The van der Waals surface area contributed by atoms with E-state index in [-0.39, 0.29) is 18.3 Å². The first-order chi connectivity index (χ1) is 16.9. The minimum absolute atomic E-state index is 0.105. The van der Waals surface area contributed by atoms with Crippen LogP contribution in [0.15, 0.2) is 70.2 Å². The number of aryl methyl sites for hydroxylation is 1. The smallest absolute Gasteiger partial charge is 0.188 e. The van der Waals surface area contributed by atoms with Crippen LogP contribution in [-0.2, 0) is 11.2 Å². The van der Waals surface area contributed by atoms with E-state index in [1.54, 1.807) is 14.2 Å². The fourth-order valence-electron chi connectivity index (χ4n) is 5.00. The lowest BCUT2D eigenvalue weighted by Gasteiger charge is -2.41. The van der Waals surface area contributed by atoms with Crippen molar-refractivity contribution in [3.8, 4) is 23.6 Å². The molecule has 7 heteroatoms. The number of nitrogens with zero attached hydrogens (tertiary/aromatic N) is 2. The maximum Gasteiger partial charge on any atom is 0.188 e. The topological polar surface area (TPSA) is 75.3 Å². The van der Waals surface area contributed by atoms with Gasteiger partial charge in [0, 0.05) is 7.11 Å². The highest BCUT2D eigenvalue weighted by Crippen LogP contribution is 2.46. The summed E-state index contributed by atoms with van der Waals surface area (Å²) in [5.74, 6) is 1.34. The zero-order chi connectivity index (χ0) is 25.4. The third kappa shape index (κ3) is 5.87. The maximum atomic E-state index is 9.71. The average Bonchev–Trinajstić information content (AvgIpc) is 2.88. The number of nitriles is 2. The van der Waals surface area contributed by atoms with Gasteiger partial charge in [-0.05, 0) is 63.9 Å². The molecule has 35 heavy (non-hydrogen) atoms. The number of hydrogen-bond acceptors (Lipinski definition) is 5. The van der Waals surface area contributed by atoms with Gasteiger partial charge in [0.1, 0.15) is 17.7 Å². The molecule has 0 N–H and O–H groups in total. The Morgan fingerprint density at radius 3 is 2.43 bits per heavy atom. The zero-order valence-electron chi connectivity index (χ0n) is 20.7. The normalized spacial score (nSPS) is 17.4. The molecule has 0 radical (unpaired) electrons. The van der Waals surface area contributed by atoms with Crippen LogP contribution in [0, 0.1) is 28.6 Å². The number of ether oxygens (including phenoxy) is 3. The second-order valence-corrected chi connectivity index (χ2v) is 14.7. The Balaban J connectivity index is 2.00.